The summed E-state index contributed by atoms with van der Waals surface area (Å²) in [4.78, 5) is 24.0. The number of carbonyl (C=O) groups excluding carboxylic acids is 2. The standard InChI is InChI=1S/C19H22N2O2/c1-13-8-7-11-17(14(13)2)21-19(23)12-18(22)20-15(3)16-9-5-4-6-10-16/h4-11,15H,12H2,1-3H3,(H,20,22)(H,21,23). The van der Waals surface area contributed by atoms with Crippen molar-refractivity contribution in [2.45, 2.75) is 33.2 Å². The normalized spacial score (nSPS) is 11.6. The van der Waals surface area contributed by atoms with Crippen LogP contribution >= 0.6 is 0 Å². The van der Waals surface area contributed by atoms with E-state index in [-0.39, 0.29) is 24.3 Å². The zero-order valence-electron chi connectivity index (χ0n) is 13.7. The third-order valence-corrected chi connectivity index (χ3v) is 3.88. The molecule has 0 radical (unpaired) electrons. The van der Waals surface area contributed by atoms with Gasteiger partial charge in [0.25, 0.3) is 0 Å². The minimum absolute atomic E-state index is 0.128. The van der Waals surface area contributed by atoms with E-state index in [1.165, 1.54) is 0 Å². The molecule has 0 aliphatic rings. The van der Waals surface area contributed by atoms with Crippen LogP contribution in [0.4, 0.5) is 5.69 Å². The van der Waals surface area contributed by atoms with Gasteiger partial charge in [0.05, 0.1) is 6.04 Å². The number of carbonyl (C=O) groups is 2. The molecule has 2 aromatic carbocycles. The lowest BCUT2D eigenvalue weighted by Gasteiger charge is -2.14. The highest BCUT2D eigenvalue weighted by Gasteiger charge is 2.14. The van der Waals surface area contributed by atoms with E-state index >= 15 is 0 Å². The van der Waals surface area contributed by atoms with Gasteiger partial charge in [-0.1, -0.05) is 42.5 Å². The smallest absolute Gasteiger partial charge is 0.233 e. The van der Waals surface area contributed by atoms with E-state index in [1.54, 1.807) is 0 Å². The summed E-state index contributed by atoms with van der Waals surface area (Å²) < 4.78 is 0. The van der Waals surface area contributed by atoms with Gasteiger partial charge in [-0.2, -0.15) is 0 Å². The van der Waals surface area contributed by atoms with Gasteiger partial charge in [0, 0.05) is 5.69 Å². The number of benzene rings is 2. The molecule has 0 aliphatic heterocycles. The van der Waals surface area contributed by atoms with Gasteiger partial charge in [-0.15, -0.1) is 0 Å². The summed E-state index contributed by atoms with van der Waals surface area (Å²) in [5.41, 5.74) is 3.87. The average molecular weight is 310 g/mol. The van der Waals surface area contributed by atoms with Crippen molar-refractivity contribution in [3.05, 3.63) is 65.2 Å². The SMILES string of the molecule is Cc1cccc(NC(=O)CC(=O)NC(C)c2ccccc2)c1C. The Kier molecular flexibility index (Phi) is 5.52. The topological polar surface area (TPSA) is 58.2 Å². The van der Waals surface area contributed by atoms with Gasteiger partial charge in [0.15, 0.2) is 0 Å². The van der Waals surface area contributed by atoms with Crippen LogP contribution in [0.3, 0.4) is 0 Å². The van der Waals surface area contributed by atoms with Gasteiger partial charge >= 0.3 is 0 Å². The Morgan fingerprint density at radius 1 is 0.957 bits per heavy atom. The molecule has 1 unspecified atom stereocenters. The molecule has 0 saturated heterocycles. The Balaban J connectivity index is 1.90. The highest BCUT2D eigenvalue weighted by molar-refractivity contribution is 6.04. The Labute approximate surface area is 136 Å². The fraction of sp³-hybridized carbons (Fsp3) is 0.263. The number of aryl methyl sites for hydroxylation is 1. The van der Waals surface area contributed by atoms with Crippen LogP contribution in [0.5, 0.6) is 0 Å². The summed E-state index contributed by atoms with van der Waals surface area (Å²) >= 11 is 0. The van der Waals surface area contributed by atoms with Gasteiger partial charge in [-0.25, -0.2) is 0 Å². The second-order valence-corrected chi connectivity index (χ2v) is 5.67. The lowest BCUT2D eigenvalue weighted by Crippen LogP contribution is -2.30. The van der Waals surface area contributed by atoms with E-state index in [0.29, 0.717) is 0 Å². The molecule has 0 bridgehead atoms. The summed E-state index contributed by atoms with van der Waals surface area (Å²) in [5.74, 6) is -0.597. The molecule has 120 valence electrons. The highest BCUT2D eigenvalue weighted by Crippen LogP contribution is 2.18. The zero-order chi connectivity index (χ0) is 16.8. The molecule has 4 nitrogen and oxygen atoms in total. The number of anilines is 1. The van der Waals surface area contributed by atoms with Gasteiger partial charge < -0.3 is 10.6 Å². The quantitative estimate of drug-likeness (QED) is 0.830. The van der Waals surface area contributed by atoms with E-state index in [4.69, 9.17) is 0 Å². The summed E-state index contributed by atoms with van der Waals surface area (Å²) in [7, 11) is 0. The molecule has 0 spiro atoms. The molecule has 2 N–H and O–H groups in total. The molecular weight excluding hydrogens is 288 g/mol. The van der Waals surface area contributed by atoms with E-state index in [9.17, 15) is 9.59 Å². The predicted molar refractivity (Wildman–Crippen MR) is 92.2 cm³/mol. The van der Waals surface area contributed by atoms with Crippen molar-refractivity contribution in [2.75, 3.05) is 5.32 Å². The zero-order valence-corrected chi connectivity index (χ0v) is 13.7. The first-order valence-electron chi connectivity index (χ1n) is 7.67. The number of hydrogen-bond donors (Lipinski definition) is 2. The van der Waals surface area contributed by atoms with E-state index in [0.717, 1.165) is 22.4 Å². The Bertz CT molecular complexity index is 696. The van der Waals surface area contributed by atoms with Crippen molar-refractivity contribution in [3.8, 4) is 0 Å². The van der Waals surface area contributed by atoms with Crippen LogP contribution in [-0.2, 0) is 9.59 Å². The number of hydrogen-bond acceptors (Lipinski definition) is 2. The van der Waals surface area contributed by atoms with Gasteiger partial charge in [-0.3, -0.25) is 9.59 Å². The molecule has 0 fully saturated rings. The molecule has 0 aliphatic carbocycles. The van der Waals surface area contributed by atoms with Crippen LogP contribution in [0.15, 0.2) is 48.5 Å². The van der Waals surface area contributed by atoms with Crippen LogP contribution < -0.4 is 10.6 Å². The third-order valence-electron chi connectivity index (χ3n) is 3.88. The molecule has 0 saturated carbocycles. The fourth-order valence-electron chi connectivity index (χ4n) is 2.34. The summed E-state index contributed by atoms with van der Waals surface area (Å²) in [6, 6.07) is 15.2. The maximum Gasteiger partial charge on any atom is 0.233 e. The Morgan fingerprint density at radius 2 is 1.65 bits per heavy atom. The minimum atomic E-state index is -0.309. The first kappa shape index (κ1) is 16.7. The molecule has 2 aromatic rings. The summed E-state index contributed by atoms with van der Waals surface area (Å²) in [6.07, 6.45) is -0.190. The summed E-state index contributed by atoms with van der Waals surface area (Å²) in [5, 5.41) is 5.63. The average Bonchev–Trinajstić information content (AvgIpc) is 2.52. The molecule has 4 heteroatoms. The van der Waals surface area contributed by atoms with Gasteiger partial charge in [0.2, 0.25) is 11.8 Å². The molecular formula is C19H22N2O2. The molecule has 0 heterocycles. The van der Waals surface area contributed by atoms with Crippen LogP contribution in [0, 0.1) is 13.8 Å². The van der Waals surface area contributed by atoms with Gasteiger partial charge in [-0.05, 0) is 43.5 Å². The van der Waals surface area contributed by atoms with Crippen LogP contribution in [0.2, 0.25) is 0 Å². The highest BCUT2D eigenvalue weighted by atomic mass is 16.2. The van der Waals surface area contributed by atoms with Crippen molar-refractivity contribution in [1.29, 1.82) is 0 Å². The molecule has 1 atom stereocenters. The maximum absolute atomic E-state index is 12.0. The molecule has 0 aromatic heterocycles. The van der Waals surface area contributed by atoms with Crippen molar-refractivity contribution >= 4 is 17.5 Å². The van der Waals surface area contributed by atoms with Crippen molar-refractivity contribution in [3.63, 3.8) is 0 Å². The lowest BCUT2D eigenvalue weighted by molar-refractivity contribution is -0.127. The Morgan fingerprint density at radius 3 is 2.35 bits per heavy atom. The van der Waals surface area contributed by atoms with Gasteiger partial charge in [0.1, 0.15) is 6.42 Å². The monoisotopic (exact) mass is 310 g/mol. The first-order valence-corrected chi connectivity index (χ1v) is 7.67. The van der Waals surface area contributed by atoms with Crippen LogP contribution in [-0.4, -0.2) is 11.8 Å². The lowest BCUT2D eigenvalue weighted by atomic mass is 10.1. The van der Waals surface area contributed by atoms with E-state index in [2.05, 4.69) is 10.6 Å². The Hall–Kier alpha value is -2.62. The van der Waals surface area contributed by atoms with E-state index < -0.39 is 0 Å². The van der Waals surface area contributed by atoms with Crippen molar-refractivity contribution in [1.82, 2.24) is 5.32 Å². The minimum Gasteiger partial charge on any atom is -0.349 e. The summed E-state index contributed by atoms with van der Waals surface area (Å²) in [6.45, 7) is 5.83. The van der Waals surface area contributed by atoms with Crippen molar-refractivity contribution < 1.29 is 9.59 Å². The third kappa shape index (κ3) is 4.68. The molecule has 23 heavy (non-hydrogen) atoms. The fourth-order valence-corrected chi connectivity index (χ4v) is 2.34. The number of nitrogens with one attached hydrogen (secondary N) is 2. The number of rotatable bonds is 5. The molecule has 2 rings (SSSR count). The second-order valence-electron chi connectivity index (χ2n) is 5.67. The predicted octanol–water partition coefficient (Wildman–Crippen LogP) is 3.51. The van der Waals surface area contributed by atoms with E-state index in [1.807, 2.05) is 69.3 Å². The largest absolute Gasteiger partial charge is 0.349 e. The second kappa shape index (κ2) is 7.58. The molecule has 2 amide bonds. The van der Waals surface area contributed by atoms with Crippen LogP contribution in [0.25, 0.3) is 0 Å². The van der Waals surface area contributed by atoms with Crippen molar-refractivity contribution in [2.24, 2.45) is 0 Å². The number of amides is 2. The van der Waals surface area contributed by atoms with Crippen LogP contribution in [0.1, 0.15) is 36.1 Å². The maximum atomic E-state index is 12.0. The first-order chi connectivity index (χ1) is 11.0.